The van der Waals surface area contributed by atoms with E-state index in [9.17, 15) is 17.6 Å². The summed E-state index contributed by atoms with van der Waals surface area (Å²) in [4.78, 5) is 7.37. The molecular formula is C18H16F4N4O. The number of allylic oxidation sites excluding steroid dienone is 1. The second-order valence-corrected chi connectivity index (χ2v) is 6.40. The molecule has 2 atom stereocenters. The van der Waals surface area contributed by atoms with Crippen LogP contribution in [0.15, 0.2) is 48.1 Å². The molecule has 0 saturated carbocycles. The minimum Gasteiger partial charge on any atom is -0.469 e. The van der Waals surface area contributed by atoms with Crippen LogP contribution in [0.3, 0.4) is 0 Å². The van der Waals surface area contributed by atoms with Gasteiger partial charge in [0.25, 0.3) is 0 Å². The van der Waals surface area contributed by atoms with E-state index in [1.54, 1.807) is 0 Å². The molecule has 2 aromatic heterocycles. The molecule has 0 radical (unpaired) electrons. The highest BCUT2D eigenvalue weighted by molar-refractivity contribution is 5.40. The van der Waals surface area contributed by atoms with E-state index in [2.05, 4.69) is 20.6 Å². The van der Waals surface area contributed by atoms with Crippen LogP contribution in [-0.2, 0) is 10.9 Å². The third-order valence-electron chi connectivity index (χ3n) is 4.52. The van der Waals surface area contributed by atoms with Crippen molar-refractivity contribution in [3.63, 3.8) is 0 Å². The number of alkyl halides is 3. The van der Waals surface area contributed by atoms with Gasteiger partial charge in [-0.15, -0.1) is 0 Å². The minimum atomic E-state index is -4.51. The lowest BCUT2D eigenvalue weighted by molar-refractivity contribution is -0.141. The first-order valence-electron chi connectivity index (χ1n) is 8.47. The van der Waals surface area contributed by atoms with Crippen LogP contribution in [0, 0.1) is 5.82 Å². The Hall–Kier alpha value is -2.84. The molecule has 1 aliphatic carbocycles. The fourth-order valence-electron chi connectivity index (χ4n) is 3.26. The molecule has 27 heavy (non-hydrogen) atoms. The van der Waals surface area contributed by atoms with E-state index in [1.165, 1.54) is 18.2 Å². The molecule has 5 nitrogen and oxygen atoms in total. The summed E-state index contributed by atoms with van der Waals surface area (Å²) in [5.41, 5.74) is 0.189. The van der Waals surface area contributed by atoms with Gasteiger partial charge in [0.1, 0.15) is 23.1 Å². The number of nitrogens with zero attached hydrogens (tertiary/aromatic N) is 2. The van der Waals surface area contributed by atoms with Gasteiger partial charge in [-0.05, 0) is 37.1 Å². The number of rotatable bonds is 3. The predicted octanol–water partition coefficient (Wildman–Crippen LogP) is 4.13. The Morgan fingerprint density at radius 1 is 1.19 bits per heavy atom. The highest BCUT2D eigenvalue weighted by Gasteiger charge is 2.36. The Bertz CT molecular complexity index is 866. The topological polar surface area (TPSA) is 59.1 Å². The molecule has 2 aromatic rings. The summed E-state index contributed by atoms with van der Waals surface area (Å²) in [6, 6.07) is 5.19. The molecule has 2 unspecified atom stereocenters. The van der Waals surface area contributed by atoms with Gasteiger partial charge in [-0.2, -0.15) is 13.2 Å². The van der Waals surface area contributed by atoms with E-state index in [0.29, 0.717) is 17.8 Å². The maximum atomic E-state index is 13.0. The quantitative estimate of drug-likeness (QED) is 0.785. The van der Waals surface area contributed by atoms with E-state index < -0.39 is 23.9 Å². The highest BCUT2D eigenvalue weighted by Crippen LogP contribution is 2.37. The molecule has 0 aromatic carbocycles. The van der Waals surface area contributed by atoms with Crippen molar-refractivity contribution in [1.29, 1.82) is 0 Å². The van der Waals surface area contributed by atoms with E-state index in [4.69, 9.17) is 4.74 Å². The fourth-order valence-corrected chi connectivity index (χ4v) is 3.26. The van der Waals surface area contributed by atoms with Crippen molar-refractivity contribution in [2.45, 2.75) is 37.7 Å². The first-order chi connectivity index (χ1) is 12.9. The van der Waals surface area contributed by atoms with Gasteiger partial charge in [-0.1, -0.05) is 0 Å². The standard InChI is InChI=1S/C18H16F4N4O/c19-11-4-5-15(24-9-11)25-12-2-1-3-13-16(12)26-17(27-13)10-6-7-23-14(8-10)18(20,21)22/h4-9,12,17,26H,1-3H2,(H,24,25). The number of hydrogen-bond donors (Lipinski definition) is 2. The average molecular weight is 380 g/mol. The van der Waals surface area contributed by atoms with Gasteiger partial charge in [0.05, 0.1) is 17.9 Å². The molecule has 0 fully saturated rings. The van der Waals surface area contributed by atoms with Crippen LogP contribution in [0.2, 0.25) is 0 Å². The van der Waals surface area contributed by atoms with E-state index in [-0.39, 0.29) is 6.04 Å². The summed E-state index contributed by atoms with van der Waals surface area (Å²) in [5.74, 6) is 0.810. The number of ether oxygens (including phenoxy) is 1. The molecule has 9 heteroatoms. The zero-order valence-electron chi connectivity index (χ0n) is 14.1. The van der Waals surface area contributed by atoms with Crippen molar-refractivity contribution in [1.82, 2.24) is 15.3 Å². The summed E-state index contributed by atoms with van der Waals surface area (Å²) in [7, 11) is 0. The average Bonchev–Trinajstić information content (AvgIpc) is 3.08. The molecule has 0 bridgehead atoms. The normalized spacial score (nSPS) is 22.1. The predicted molar refractivity (Wildman–Crippen MR) is 88.7 cm³/mol. The summed E-state index contributed by atoms with van der Waals surface area (Å²) in [6.45, 7) is 0. The maximum absolute atomic E-state index is 13.0. The Morgan fingerprint density at radius 2 is 2.04 bits per heavy atom. The van der Waals surface area contributed by atoms with Gasteiger partial charge in [-0.3, -0.25) is 4.98 Å². The Labute approximate surface area is 152 Å². The summed E-state index contributed by atoms with van der Waals surface area (Å²) in [5, 5.41) is 6.38. The van der Waals surface area contributed by atoms with Crippen LogP contribution in [0.25, 0.3) is 0 Å². The van der Waals surface area contributed by atoms with Crippen molar-refractivity contribution in [2.75, 3.05) is 5.32 Å². The van der Waals surface area contributed by atoms with Crippen molar-refractivity contribution < 1.29 is 22.3 Å². The number of nitrogens with one attached hydrogen (secondary N) is 2. The number of pyridine rings is 2. The number of hydrogen-bond acceptors (Lipinski definition) is 5. The third kappa shape index (κ3) is 3.67. The summed E-state index contributed by atoms with van der Waals surface area (Å²) < 4.78 is 57.6. The summed E-state index contributed by atoms with van der Waals surface area (Å²) in [6.07, 6.45) is -0.620. The van der Waals surface area contributed by atoms with Crippen LogP contribution >= 0.6 is 0 Å². The monoisotopic (exact) mass is 380 g/mol. The first kappa shape index (κ1) is 17.6. The van der Waals surface area contributed by atoms with Crippen LogP contribution in [0.1, 0.15) is 36.7 Å². The molecule has 2 aliphatic rings. The molecule has 0 saturated heterocycles. The number of aromatic nitrogens is 2. The van der Waals surface area contributed by atoms with Crippen LogP contribution in [0.4, 0.5) is 23.4 Å². The highest BCUT2D eigenvalue weighted by atomic mass is 19.4. The second-order valence-electron chi connectivity index (χ2n) is 6.40. The van der Waals surface area contributed by atoms with Gasteiger partial charge in [-0.25, -0.2) is 9.37 Å². The van der Waals surface area contributed by atoms with Crippen molar-refractivity contribution in [2.24, 2.45) is 0 Å². The molecule has 4 rings (SSSR count). The fraction of sp³-hybridized carbons (Fsp3) is 0.333. The smallest absolute Gasteiger partial charge is 0.433 e. The lowest BCUT2D eigenvalue weighted by Gasteiger charge is -2.24. The molecule has 2 N–H and O–H groups in total. The number of anilines is 1. The Kier molecular flexibility index (Phi) is 4.37. The molecule has 0 spiro atoms. The van der Waals surface area contributed by atoms with Crippen LogP contribution in [0.5, 0.6) is 0 Å². The Morgan fingerprint density at radius 3 is 2.78 bits per heavy atom. The third-order valence-corrected chi connectivity index (χ3v) is 4.52. The molecule has 1 aliphatic heterocycles. The lowest BCUT2D eigenvalue weighted by Crippen LogP contribution is -2.32. The van der Waals surface area contributed by atoms with E-state index in [0.717, 1.165) is 42.8 Å². The minimum absolute atomic E-state index is 0.138. The second kappa shape index (κ2) is 6.71. The van der Waals surface area contributed by atoms with Crippen molar-refractivity contribution in [3.8, 4) is 0 Å². The molecular weight excluding hydrogens is 364 g/mol. The lowest BCUT2D eigenvalue weighted by atomic mass is 9.98. The van der Waals surface area contributed by atoms with Gasteiger partial charge in [0.2, 0.25) is 0 Å². The van der Waals surface area contributed by atoms with Crippen LogP contribution < -0.4 is 10.6 Å². The molecule has 3 heterocycles. The summed E-state index contributed by atoms with van der Waals surface area (Å²) >= 11 is 0. The van der Waals surface area contributed by atoms with Gasteiger partial charge < -0.3 is 15.4 Å². The SMILES string of the molecule is Fc1ccc(NC2CCCC3=C2NC(c2ccnc(C(F)(F)F)c2)O3)nc1. The van der Waals surface area contributed by atoms with E-state index >= 15 is 0 Å². The first-order valence-corrected chi connectivity index (χ1v) is 8.47. The molecule has 0 amide bonds. The van der Waals surface area contributed by atoms with Gasteiger partial charge >= 0.3 is 6.18 Å². The van der Waals surface area contributed by atoms with Crippen LogP contribution in [-0.4, -0.2) is 16.0 Å². The van der Waals surface area contributed by atoms with E-state index in [1.807, 2.05) is 0 Å². The number of halogens is 4. The van der Waals surface area contributed by atoms with Crippen molar-refractivity contribution in [3.05, 3.63) is 65.2 Å². The Balaban J connectivity index is 1.52. The largest absolute Gasteiger partial charge is 0.469 e. The van der Waals surface area contributed by atoms with Gasteiger partial charge in [0, 0.05) is 18.2 Å². The maximum Gasteiger partial charge on any atom is 0.433 e. The van der Waals surface area contributed by atoms with Gasteiger partial charge in [0.15, 0.2) is 6.23 Å². The molecule has 142 valence electrons. The zero-order chi connectivity index (χ0) is 19.0. The zero-order valence-corrected chi connectivity index (χ0v) is 14.1. The van der Waals surface area contributed by atoms with Crippen molar-refractivity contribution >= 4 is 5.82 Å².